The molecule has 0 saturated heterocycles. The maximum Gasteiger partial charge on any atom is 0.148 e. The topological polar surface area (TPSA) is 25.8 Å². The molecule has 0 amide bonds. The molecule has 214 valence electrons. The van der Waals surface area contributed by atoms with Gasteiger partial charge >= 0.3 is 0 Å². The molecule has 0 aromatic carbocycles. The molecule has 0 aliphatic heterocycles. The van der Waals surface area contributed by atoms with Gasteiger partial charge in [-0.15, -0.1) is 0 Å². The number of unbranched alkanes of at least 4 members (excludes halogenated alkanes) is 18. The highest BCUT2D eigenvalue weighted by molar-refractivity contribution is 6.41. The Morgan fingerprint density at radius 2 is 1.00 bits per heavy atom. The van der Waals surface area contributed by atoms with Gasteiger partial charge in [-0.1, -0.05) is 159 Å². The third-order valence-electron chi connectivity index (χ3n) is 7.77. The van der Waals surface area contributed by atoms with Gasteiger partial charge in [0.25, 0.3) is 0 Å². The van der Waals surface area contributed by atoms with E-state index in [0.29, 0.717) is 10.2 Å². The number of hydrogen-bond acceptors (Lipinski definition) is 2. The third-order valence-corrected chi connectivity index (χ3v) is 8.55. The molecule has 2 aromatic rings. The zero-order valence-corrected chi connectivity index (χ0v) is 26.0. The highest BCUT2D eigenvalue weighted by Crippen LogP contribution is 2.35. The number of aromatic nitrogens is 2. The van der Waals surface area contributed by atoms with Crippen LogP contribution in [0.2, 0.25) is 10.2 Å². The highest BCUT2D eigenvalue weighted by atomic mass is 35.5. The van der Waals surface area contributed by atoms with E-state index in [1.807, 2.05) is 24.4 Å². The van der Waals surface area contributed by atoms with Crippen LogP contribution in [0.25, 0.3) is 11.4 Å². The summed E-state index contributed by atoms with van der Waals surface area (Å²) in [5, 5.41) is 1.07. The average Bonchev–Trinajstić information content (AvgIpc) is 2.94. The molecule has 38 heavy (non-hydrogen) atoms. The van der Waals surface area contributed by atoms with Crippen molar-refractivity contribution >= 4 is 23.2 Å². The van der Waals surface area contributed by atoms with Gasteiger partial charge in [-0.3, -0.25) is 4.98 Å². The first-order valence-corrected chi connectivity index (χ1v) is 16.7. The quantitative estimate of drug-likeness (QED) is 0.0996. The van der Waals surface area contributed by atoms with E-state index in [9.17, 15) is 0 Å². The molecule has 4 heteroatoms. The monoisotopic (exact) mass is 560 g/mol. The van der Waals surface area contributed by atoms with Crippen molar-refractivity contribution in [1.29, 1.82) is 0 Å². The molecule has 2 nitrogen and oxygen atoms in total. The van der Waals surface area contributed by atoms with Crippen LogP contribution in [0.3, 0.4) is 0 Å². The Hall–Kier alpha value is -1.12. The molecule has 0 unspecified atom stereocenters. The Morgan fingerprint density at radius 3 is 1.45 bits per heavy atom. The molecule has 0 aliphatic rings. The van der Waals surface area contributed by atoms with Crippen molar-refractivity contribution in [3.8, 4) is 11.4 Å². The Labute approximate surface area is 244 Å². The molecular weight excluding hydrogens is 507 g/mol. The fourth-order valence-electron chi connectivity index (χ4n) is 5.44. The summed E-state index contributed by atoms with van der Waals surface area (Å²) >= 11 is 13.4. The Morgan fingerprint density at radius 1 is 0.553 bits per heavy atom. The van der Waals surface area contributed by atoms with Crippen LogP contribution < -0.4 is 0 Å². The van der Waals surface area contributed by atoms with E-state index in [1.54, 1.807) is 0 Å². The summed E-state index contributed by atoms with van der Waals surface area (Å²) in [6.07, 6.45) is 30.5. The van der Waals surface area contributed by atoms with Crippen LogP contribution in [0.4, 0.5) is 0 Å². The third kappa shape index (κ3) is 13.3. The minimum atomic E-state index is 0.418. The lowest BCUT2D eigenvalue weighted by Gasteiger charge is -2.17. The number of halogens is 2. The minimum absolute atomic E-state index is 0.418. The molecule has 2 aromatic heterocycles. The zero-order chi connectivity index (χ0) is 27.3. The number of hydrogen-bond donors (Lipinski definition) is 0. The van der Waals surface area contributed by atoms with Crippen LogP contribution in [-0.2, 0) is 12.8 Å². The van der Waals surface area contributed by atoms with Crippen LogP contribution in [0.15, 0.2) is 24.4 Å². The second-order valence-corrected chi connectivity index (χ2v) is 11.8. The normalized spacial score (nSPS) is 11.4. The van der Waals surface area contributed by atoms with Crippen LogP contribution >= 0.6 is 23.2 Å². The molecule has 0 atom stereocenters. The molecule has 0 spiro atoms. The van der Waals surface area contributed by atoms with Crippen molar-refractivity contribution < 1.29 is 0 Å². The van der Waals surface area contributed by atoms with Gasteiger partial charge in [0.1, 0.15) is 5.15 Å². The summed E-state index contributed by atoms with van der Waals surface area (Å²) in [4.78, 5) is 9.35. The zero-order valence-electron chi connectivity index (χ0n) is 24.5. The van der Waals surface area contributed by atoms with Crippen molar-refractivity contribution in [1.82, 2.24) is 9.97 Å². The first-order chi connectivity index (χ1) is 18.7. The minimum Gasteiger partial charge on any atom is -0.255 e. The summed E-state index contributed by atoms with van der Waals surface area (Å²) in [6, 6.07) is 6.02. The van der Waals surface area contributed by atoms with Crippen molar-refractivity contribution in [2.45, 2.75) is 155 Å². The van der Waals surface area contributed by atoms with E-state index in [0.717, 1.165) is 30.7 Å². The maximum atomic E-state index is 6.80. The standard InChI is InChI=1S/C34H54Cl2N2/c1-3-5-7-9-11-13-15-17-19-21-25-29-30(26-22-20-18-16-14-12-10-8-6-4-2)33(38-34(36)32(29)35)31-27-23-24-28-37-31/h23-24,27-28H,3-22,25-26H2,1-2H3. The molecular formula is C34H54Cl2N2. The van der Waals surface area contributed by atoms with E-state index in [-0.39, 0.29) is 0 Å². The largest absolute Gasteiger partial charge is 0.255 e. The molecule has 0 aliphatic carbocycles. The van der Waals surface area contributed by atoms with Gasteiger partial charge < -0.3 is 0 Å². The predicted octanol–water partition coefficient (Wildman–Crippen LogP) is 12.4. The SMILES string of the molecule is CCCCCCCCCCCCc1c(-c2ccccn2)nc(Cl)c(Cl)c1CCCCCCCCCCCC. The fourth-order valence-corrected chi connectivity index (χ4v) is 5.89. The number of nitrogens with zero attached hydrogens (tertiary/aromatic N) is 2. The molecule has 0 fully saturated rings. The second-order valence-electron chi connectivity index (χ2n) is 11.1. The molecule has 0 bridgehead atoms. The molecule has 0 radical (unpaired) electrons. The van der Waals surface area contributed by atoms with Crippen LogP contribution in [0.1, 0.15) is 153 Å². The van der Waals surface area contributed by atoms with Gasteiger partial charge in [-0.2, -0.15) is 0 Å². The summed E-state index contributed by atoms with van der Waals surface area (Å²) in [5.41, 5.74) is 4.31. The van der Waals surface area contributed by atoms with Gasteiger partial charge in [-0.25, -0.2) is 4.98 Å². The van der Waals surface area contributed by atoms with E-state index >= 15 is 0 Å². The smallest absolute Gasteiger partial charge is 0.148 e. The van der Waals surface area contributed by atoms with E-state index in [1.165, 1.54) is 133 Å². The van der Waals surface area contributed by atoms with Crippen molar-refractivity contribution in [2.75, 3.05) is 0 Å². The summed E-state index contributed by atoms with van der Waals surface area (Å²) in [6.45, 7) is 4.57. The lowest BCUT2D eigenvalue weighted by Crippen LogP contribution is -2.04. The van der Waals surface area contributed by atoms with Gasteiger partial charge in [0, 0.05) is 6.20 Å². The van der Waals surface area contributed by atoms with Crippen molar-refractivity contribution in [3.05, 3.63) is 45.7 Å². The number of rotatable bonds is 23. The van der Waals surface area contributed by atoms with Crippen molar-refractivity contribution in [3.63, 3.8) is 0 Å². The predicted molar refractivity (Wildman–Crippen MR) is 169 cm³/mol. The van der Waals surface area contributed by atoms with Crippen LogP contribution in [0.5, 0.6) is 0 Å². The first kappa shape index (κ1) is 33.1. The van der Waals surface area contributed by atoms with E-state index in [4.69, 9.17) is 28.2 Å². The van der Waals surface area contributed by atoms with E-state index in [2.05, 4.69) is 18.8 Å². The van der Waals surface area contributed by atoms with Gasteiger partial charge in [0.15, 0.2) is 0 Å². The molecule has 2 heterocycles. The number of pyridine rings is 2. The lowest BCUT2D eigenvalue weighted by atomic mass is 9.94. The van der Waals surface area contributed by atoms with E-state index < -0.39 is 0 Å². The first-order valence-electron chi connectivity index (χ1n) is 16.0. The molecule has 0 saturated carbocycles. The Balaban J connectivity index is 1.90. The lowest BCUT2D eigenvalue weighted by molar-refractivity contribution is 0.553. The van der Waals surface area contributed by atoms with Crippen LogP contribution in [0, 0.1) is 0 Å². The Kier molecular flexibility index (Phi) is 18.9. The van der Waals surface area contributed by atoms with Crippen LogP contribution in [-0.4, -0.2) is 9.97 Å². The van der Waals surface area contributed by atoms with Crippen molar-refractivity contribution in [2.24, 2.45) is 0 Å². The summed E-state index contributed by atoms with van der Waals surface area (Å²) in [5.74, 6) is 0. The summed E-state index contributed by atoms with van der Waals surface area (Å²) < 4.78 is 0. The summed E-state index contributed by atoms with van der Waals surface area (Å²) in [7, 11) is 0. The highest BCUT2D eigenvalue weighted by Gasteiger charge is 2.19. The molecule has 0 N–H and O–H groups in total. The fraction of sp³-hybridized carbons (Fsp3) is 0.706. The van der Waals surface area contributed by atoms with Gasteiger partial charge in [0.05, 0.1) is 16.4 Å². The maximum absolute atomic E-state index is 6.80. The van der Waals surface area contributed by atoms with Gasteiger partial charge in [-0.05, 0) is 48.9 Å². The Bertz CT molecular complexity index is 853. The molecule has 2 rings (SSSR count). The van der Waals surface area contributed by atoms with Gasteiger partial charge in [0.2, 0.25) is 0 Å². The second kappa shape index (κ2) is 21.7. The average molecular weight is 562 g/mol.